The highest BCUT2D eigenvalue weighted by molar-refractivity contribution is 7.40. The van der Waals surface area contributed by atoms with E-state index in [1.165, 1.54) is 0 Å². The number of rotatable bonds is 1. The molecule has 0 atom stereocenters. The first-order valence-corrected chi connectivity index (χ1v) is 4.33. The molecule has 1 aliphatic rings. The lowest BCUT2D eigenvalue weighted by molar-refractivity contribution is -0.0377. The molecule has 1 fully saturated rings. The zero-order valence-corrected chi connectivity index (χ0v) is 6.38. The molecule has 10 heavy (non-hydrogen) atoms. The zero-order valence-electron chi connectivity index (χ0n) is 5.49. The molecule has 0 saturated heterocycles. The predicted molar refractivity (Wildman–Crippen MR) is 35.2 cm³/mol. The van der Waals surface area contributed by atoms with Gasteiger partial charge in [0.2, 0.25) is 0 Å². The maximum Gasteiger partial charge on any atom is 0.409 e. The van der Waals surface area contributed by atoms with Crippen LogP contribution >= 0.6 is 8.58 Å². The topological polar surface area (TPSA) is 0 Å². The lowest BCUT2D eigenvalue weighted by atomic mass is 10.4. The second kappa shape index (κ2) is 3.08. The lowest BCUT2D eigenvalue weighted by Crippen LogP contribution is -2.04. The molecule has 0 heterocycles. The third-order valence-corrected chi connectivity index (χ3v) is 2.83. The van der Waals surface area contributed by atoms with Gasteiger partial charge in [-0.25, -0.2) is 0 Å². The van der Waals surface area contributed by atoms with Crippen LogP contribution in [0.1, 0.15) is 25.7 Å². The zero-order chi connectivity index (χ0) is 7.61. The summed E-state index contributed by atoms with van der Waals surface area (Å²) >= 11 is 0. The van der Waals surface area contributed by atoms with Crippen LogP contribution in [-0.2, 0) is 0 Å². The van der Waals surface area contributed by atoms with Gasteiger partial charge in [-0.2, -0.15) is 13.2 Å². The molecular formula is C6H9F3P. The van der Waals surface area contributed by atoms with E-state index in [4.69, 9.17) is 0 Å². The van der Waals surface area contributed by atoms with E-state index in [9.17, 15) is 13.2 Å². The largest absolute Gasteiger partial charge is 0.409 e. The molecule has 0 aromatic heterocycles. The Morgan fingerprint density at radius 2 is 1.60 bits per heavy atom. The first-order valence-electron chi connectivity index (χ1n) is 3.37. The number of halogens is 3. The highest BCUT2D eigenvalue weighted by atomic mass is 31.1. The summed E-state index contributed by atoms with van der Waals surface area (Å²) in [4.78, 5) is 0. The molecule has 1 saturated carbocycles. The summed E-state index contributed by atoms with van der Waals surface area (Å²) in [5, 5.41) is 0. The summed E-state index contributed by atoms with van der Waals surface area (Å²) in [5.74, 6) is -3.96. The Morgan fingerprint density at radius 1 is 1.10 bits per heavy atom. The van der Waals surface area contributed by atoms with Gasteiger partial charge in [0.25, 0.3) is 0 Å². The van der Waals surface area contributed by atoms with E-state index >= 15 is 0 Å². The highest BCUT2D eigenvalue weighted by Crippen LogP contribution is 2.45. The van der Waals surface area contributed by atoms with Gasteiger partial charge in [0.05, 0.1) is 0 Å². The van der Waals surface area contributed by atoms with Gasteiger partial charge in [-0.3, -0.25) is 0 Å². The summed E-state index contributed by atoms with van der Waals surface area (Å²) in [7, 11) is -0.320. The molecule has 0 spiro atoms. The quantitative estimate of drug-likeness (QED) is 0.527. The Hall–Kier alpha value is 0.220. The Labute approximate surface area is 60.0 Å². The number of hydrogen-bond acceptors (Lipinski definition) is 0. The van der Waals surface area contributed by atoms with E-state index in [0.29, 0.717) is 0 Å². The van der Waals surface area contributed by atoms with Crippen molar-refractivity contribution in [3.8, 4) is 0 Å². The van der Waals surface area contributed by atoms with Gasteiger partial charge in [0.15, 0.2) is 0 Å². The third kappa shape index (κ3) is 2.87. The molecule has 0 aromatic carbocycles. The van der Waals surface area contributed by atoms with Crippen LogP contribution in [0.25, 0.3) is 0 Å². The van der Waals surface area contributed by atoms with E-state index < -0.39 is 5.92 Å². The molecule has 0 aromatic rings. The Morgan fingerprint density at radius 3 is 2.00 bits per heavy atom. The van der Waals surface area contributed by atoms with E-state index in [0.717, 1.165) is 25.7 Å². The molecule has 0 amide bonds. The van der Waals surface area contributed by atoms with Gasteiger partial charge < -0.3 is 0 Å². The standard InChI is InChI=1S/C6H9F3P/c7-6(8,9)10-5-3-1-2-4-5/h5H,1-4H2. The van der Waals surface area contributed by atoms with Crippen molar-refractivity contribution < 1.29 is 13.2 Å². The predicted octanol–water partition coefficient (Wildman–Crippen LogP) is 3.40. The molecule has 1 aliphatic carbocycles. The van der Waals surface area contributed by atoms with Crippen molar-refractivity contribution in [2.75, 3.05) is 0 Å². The minimum absolute atomic E-state index is 0.0972. The molecule has 4 heteroatoms. The van der Waals surface area contributed by atoms with Crippen LogP contribution in [-0.4, -0.2) is 11.6 Å². The molecule has 1 radical (unpaired) electrons. The minimum atomic E-state index is -3.96. The summed E-state index contributed by atoms with van der Waals surface area (Å²) in [6.45, 7) is 0. The second-order valence-electron chi connectivity index (χ2n) is 2.54. The van der Waals surface area contributed by atoms with Crippen molar-refractivity contribution in [1.82, 2.24) is 0 Å². The van der Waals surface area contributed by atoms with Crippen molar-refractivity contribution >= 4 is 8.58 Å². The normalized spacial score (nSPS) is 23.1. The Bertz CT molecular complexity index is 104. The first kappa shape index (κ1) is 8.32. The van der Waals surface area contributed by atoms with Crippen molar-refractivity contribution in [2.24, 2.45) is 0 Å². The van der Waals surface area contributed by atoms with Gasteiger partial charge >= 0.3 is 5.92 Å². The van der Waals surface area contributed by atoms with Crippen LogP contribution in [0.15, 0.2) is 0 Å². The van der Waals surface area contributed by atoms with Gasteiger partial charge in [0, 0.05) is 8.58 Å². The van der Waals surface area contributed by atoms with Crippen molar-refractivity contribution in [3.05, 3.63) is 0 Å². The number of hydrogen-bond donors (Lipinski definition) is 0. The van der Waals surface area contributed by atoms with Crippen molar-refractivity contribution in [3.63, 3.8) is 0 Å². The second-order valence-corrected chi connectivity index (χ2v) is 4.03. The molecule has 0 unspecified atom stereocenters. The van der Waals surface area contributed by atoms with Crippen LogP contribution in [0.4, 0.5) is 13.2 Å². The van der Waals surface area contributed by atoms with Gasteiger partial charge in [-0.15, -0.1) is 0 Å². The van der Waals surface area contributed by atoms with E-state index in [1.54, 1.807) is 0 Å². The maximum absolute atomic E-state index is 11.7. The average molecular weight is 169 g/mol. The van der Waals surface area contributed by atoms with Gasteiger partial charge in [0.1, 0.15) is 0 Å². The van der Waals surface area contributed by atoms with E-state index in [2.05, 4.69) is 0 Å². The smallest absolute Gasteiger partial charge is 0.167 e. The fraction of sp³-hybridized carbons (Fsp3) is 1.00. The molecule has 0 N–H and O–H groups in total. The van der Waals surface area contributed by atoms with Gasteiger partial charge in [-0.05, 0) is 18.5 Å². The van der Waals surface area contributed by atoms with Crippen LogP contribution in [0.3, 0.4) is 0 Å². The van der Waals surface area contributed by atoms with E-state index in [1.807, 2.05) is 0 Å². The Kier molecular flexibility index (Phi) is 2.56. The summed E-state index contributed by atoms with van der Waals surface area (Å²) in [6.07, 6.45) is 3.49. The van der Waals surface area contributed by atoms with Crippen LogP contribution in [0.2, 0.25) is 0 Å². The first-order chi connectivity index (χ1) is 4.58. The monoisotopic (exact) mass is 169 g/mol. The average Bonchev–Trinajstić information content (AvgIpc) is 2.12. The molecule has 0 bridgehead atoms. The minimum Gasteiger partial charge on any atom is -0.167 e. The van der Waals surface area contributed by atoms with Crippen LogP contribution in [0, 0.1) is 0 Å². The summed E-state index contributed by atoms with van der Waals surface area (Å²) in [6, 6.07) is 0. The Balaban J connectivity index is 2.24. The van der Waals surface area contributed by atoms with Gasteiger partial charge in [-0.1, -0.05) is 12.8 Å². The fourth-order valence-electron chi connectivity index (χ4n) is 1.24. The third-order valence-electron chi connectivity index (χ3n) is 1.65. The van der Waals surface area contributed by atoms with Crippen molar-refractivity contribution in [1.29, 1.82) is 0 Å². The maximum atomic E-state index is 11.7. The molecule has 1 rings (SSSR count). The molecule has 0 aliphatic heterocycles. The summed E-state index contributed by atoms with van der Waals surface area (Å²) < 4.78 is 35.1. The highest BCUT2D eigenvalue weighted by Gasteiger charge is 2.33. The van der Waals surface area contributed by atoms with Crippen molar-refractivity contribution in [2.45, 2.75) is 37.3 Å². The molecule has 59 valence electrons. The van der Waals surface area contributed by atoms with E-state index in [-0.39, 0.29) is 14.2 Å². The lowest BCUT2D eigenvalue weighted by Gasteiger charge is -2.09. The number of alkyl halides is 3. The molecular weight excluding hydrogens is 160 g/mol. The summed E-state index contributed by atoms with van der Waals surface area (Å²) in [5.41, 5.74) is -0.0972. The molecule has 0 nitrogen and oxygen atoms in total. The van der Waals surface area contributed by atoms with Crippen LogP contribution < -0.4 is 0 Å². The van der Waals surface area contributed by atoms with Crippen LogP contribution in [0.5, 0.6) is 0 Å². The SMILES string of the molecule is FC(F)(F)[P]C1CCCC1. The fourth-order valence-corrected chi connectivity index (χ4v) is 2.28.